The van der Waals surface area contributed by atoms with Gasteiger partial charge in [-0.25, -0.2) is 0 Å². The number of hydrogen-bond acceptors (Lipinski definition) is 5. The van der Waals surface area contributed by atoms with Crippen LogP contribution in [0.15, 0.2) is 18.2 Å². The highest BCUT2D eigenvalue weighted by molar-refractivity contribution is 5.87. The molecule has 0 amide bonds. The van der Waals surface area contributed by atoms with E-state index >= 15 is 0 Å². The zero-order chi connectivity index (χ0) is 25.1. The molecule has 2 unspecified atom stereocenters. The summed E-state index contributed by atoms with van der Waals surface area (Å²) in [5.41, 5.74) is 1.45. The van der Waals surface area contributed by atoms with Gasteiger partial charge in [-0.05, 0) is 85.5 Å². The summed E-state index contributed by atoms with van der Waals surface area (Å²) >= 11 is 0. The quantitative estimate of drug-likeness (QED) is 0.565. The molecule has 6 aliphatic rings. The van der Waals surface area contributed by atoms with Gasteiger partial charge in [-0.15, -0.1) is 0 Å². The van der Waals surface area contributed by atoms with Gasteiger partial charge in [0, 0.05) is 35.5 Å². The van der Waals surface area contributed by atoms with Crippen molar-refractivity contribution in [3.8, 4) is 5.75 Å². The predicted octanol–water partition coefficient (Wildman–Crippen LogP) is 5.42. The summed E-state index contributed by atoms with van der Waals surface area (Å²) in [6, 6.07) is 6.56. The highest BCUT2D eigenvalue weighted by Crippen LogP contribution is 2.73. The minimum Gasteiger partial charge on any atom is -0.497 e. The lowest BCUT2D eigenvalue weighted by Gasteiger charge is -2.69. The minimum absolute atomic E-state index is 0.00886. The van der Waals surface area contributed by atoms with E-state index in [1.807, 2.05) is 0 Å². The number of hydrogen-bond donors (Lipinski definition) is 1. The van der Waals surface area contributed by atoms with E-state index in [9.17, 15) is 9.90 Å². The zero-order valence-corrected chi connectivity index (χ0v) is 22.4. The number of ether oxygens (including phenoxy) is 3. The van der Waals surface area contributed by atoms with Crippen molar-refractivity contribution >= 4 is 5.78 Å². The first kappa shape index (κ1) is 23.7. The molecule has 1 heterocycles. The van der Waals surface area contributed by atoms with Crippen LogP contribution < -0.4 is 4.74 Å². The fraction of sp³-hybridized carbons (Fsp3) is 0.774. The van der Waals surface area contributed by atoms with E-state index in [4.69, 9.17) is 14.2 Å². The molecule has 36 heavy (non-hydrogen) atoms. The predicted molar refractivity (Wildman–Crippen MR) is 136 cm³/mol. The van der Waals surface area contributed by atoms with Crippen LogP contribution in [0.2, 0.25) is 0 Å². The highest BCUT2D eigenvalue weighted by atomic mass is 16.7. The van der Waals surface area contributed by atoms with Gasteiger partial charge in [-0.2, -0.15) is 0 Å². The van der Waals surface area contributed by atoms with Gasteiger partial charge in [0.1, 0.15) is 11.5 Å². The molecular weight excluding hydrogens is 452 g/mol. The SMILES string of the molecule is COc1ccc2c(c1)C[C@]13CCC4(C[C@]1(O)CC[C@@H]1C3C2C[C@]2(C)C(=O)CC[C@@H]12)OCC(C)(C)CO4. The number of ketones is 1. The van der Waals surface area contributed by atoms with Gasteiger partial charge in [0.15, 0.2) is 5.79 Å². The fourth-order valence-electron chi connectivity index (χ4n) is 10.2. The van der Waals surface area contributed by atoms with Crippen molar-refractivity contribution in [2.24, 2.45) is 34.0 Å². The van der Waals surface area contributed by atoms with Crippen LogP contribution in [-0.4, -0.2) is 42.6 Å². The Balaban J connectivity index is 1.34. The molecule has 5 aliphatic carbocycles. The first-order chi connectivity index (χ1) is 17.0. The number of Topliss-reactive ketones (excluding diaryl/α,β-unsaturated/α-hetero) is 1. The molecule has 1 aliphatic heterocycles. The Morgan fingerprint density at radius 2 is 1.83 bits per heavy atom. The van der Waals surface area contributed by atoms with Crippen LogP contribution in [0.4, 0.5) is 0 Å². The molecule has 7 rings (SSSR count). The van der Waals surface area contributed by atoms with Crippen LogP contribution in [0.1, 0.15) is 89.2 Å². The number of benzene rings is 1. The third kappa shape index (κ3) is 2.97. The van der Waals surface area contributed by atoms with Crippen LogP contribution in [-0.2, 0) is 20.7 Å². The third-order valence-electron chi connectivity index (χ3n) is 11.9. The lowest BCUT2D eigenvalue weighted by Crippen LogP contribution is -2.70. The Morgan fingerprint density at radius 3 is 2.58 bits per heavy atom. The summed E-state index contributed by atoms with van der Waals surface area (Å²) in [5.74, 6) is 2.34. The number of carbonyl (C=O) groups excluding carboxylic acids is 1. The van der Waals surface area contributed by atoms with Crippen LogP contribution in [0, 0.1) is 34.0 Å². The summed E-state index contributed by atoms with van der Waals surface area (Å²) in [5, 5.41) is 12.7. The molecule has 0 radical (unpaired) electrons. The van der Waals surface area contributed by atoms with Crippen molar-refractivity contribution in [2.75, 3.05) is 20.3 Å². The molecule has 1 aromatic rings. The van der Waals surface area contributed by atoms with E-state index < -0.39 is 11.4 Å². The number of fused-ring (bicyclic) bond motifs is 4. The van der Waals surface area contributed by atoms with Crippen molar-refractivity contribution in [3.63, 3.8) is 0 Å². The van der Waals surface area contributed by atoms with Crippen molar-refractivity contribution < 1.29 is 24.1 Å². The molecule has 5 nitrogen and oxygen atoms in total. The Labute approximate surface area is 215 Å². The van der Waals surface area contributed by atoms with Crippen molar-refractivity contribution in [3.05, 3.63) is 29.3 Å². The lowest BCUT2D eigenvalue weighted by atomic mass is 9.37. The van der Waals surface area contributed by atoms with E-state index in [0.29, 0.717) is 49.1 Å². The van der Waals surface area contributed by atoms with Gasteiger partial charge in [0.2, 0.25) is 0 Å². The second-order valence-electron chi connectivity index (χ2n) is 14.3. The molecule has 1 aromatic carbocycles. The summed E-state index contributed by atoms with van der Waals surface area (Å²) in [6.07, 6.45) is 7.64. The molecule has 0 aromatic heterocycles. The number of rotatable bonds is 1. The van der Waals surface area contributed by atoms with Gasteiger partial charge in [-0.3, -0.25) is 4.79 Å². The largest absolute Gasteiger partial charge is 0.497 e. The van der Waals surface area contributed by atoms with E-state index in [2.05, 4.69) is 39.0 Å². The summed E-state index contributed by atoms with van der Waals surface area (Å²) in [7, 11) is 1.73. The second kappa shape index (κ2) is 7.36. The maximum absolute atomic E-state index is 13.3. The Morgan fingerprint density at radius 1 is 1.06 bits per heavy atom. The molecule has 1 N–H and O–H groups in total. The van der Waals surface area contributed by atoms with Crippen LogP contribution in [0.3, 0.4) is 0 Å². The number of carbonyl (C=O) groups is 1. The van der Waals surface area contributed by atoms with Crippen molar-refractivity contribution in [2.45, 2.75) is 95.9 Å². The van der Waals surface area contributed by atoms with Crippen molar-refractivity contribution in [1.29, 1.82) is 0 Å². The molecule has 5 fully saturated rings. The molecule has 196 valence electrons. The number of methoxy groups -OCH3 is 1. The summed E-state index contributed by atoms with van der Waals surface area (Å²) < 4.78 is 18.6. The Kier molecular flexibility index (Phi) is 4.84. The second-order valence-corrected chi connectivity index (χ2v) is 14.3. The molecule has 0 bridgehead atoms. The van der Waals surface area contributed by atoms with Gasteiger partial charge in [-0.1, -0.05) is 26.8 Å². The Bertz CT molecular complexity index is 1100. The average molecular weight is 495 g/mol. The first-order valence-corrected chi connectivity index (χ1v) is 14.2. The van der Waals surface area contributed by atoms with Crippen molar-refractivity contribution in [1.82, 2.24) is 0 Å². The first-order valence-electron chi connectivity index (χ1n) is 14.2. The lowest BCUT2D eigenvalue weighted by molar-refractivity contribution is -0.357. The summed E-state index contributed by atoms with van der Waals surface area (Å²) in [6.45, 7) is 7.97. The van der Waals surface area contributed by atoms with Gasteiger partial charge in [0.25, 0.3) is 0 Å². The number of aliphatic hydroxyl groups is 1. The molecule has 5 heteroatoms. The van der Waals surface area contributed by atoms with E-state index in [0.717, 1.165) is 57.1 Å². The molecule has 1 saturated heterocycles. The fourth-order valence-corrected chi connectivity index (χ4v) is 10.2. The van der Waals surface area contributed by atoms with Crippen LogP contribution in [0.5, 0.6) is 5.75 Å². The molecular formula is C31H42O5. The monoisotopic (exact) mass is 494 g/mol. The van der Waals surface area contributed by atoms with Gasteiger partial charge >= 0.3 is 0 Å². The zero-order valence-electron chi connectivity index (χ0n) is 22.4. The topological polar surface area (TPSA) is 65.0 Å². The maximum Gasteiger partial charge on any atom is 0.171 e. The van der Waals surface area contributed by atoms with Crippen LogP contribution in [0.25, 0.3) is 0 Å². The van der Waals surface area contributed by atoms with Gasteiger partial charge < -0.3 is 19.3 Å². The molecule has 7 atom stereocenters. The smallest absolute Gasteiger partial charge is 0.171 e. The van der Waals surface area contributed by atoms with E-state index in [1.54, 1.807) is 7.11 Å². The summed E-state index contributed by atoms with van der Waals surface area (Å²) in [4.78, 5) is 13.3. The molecule has 4 saturated carbocycles. The minimum atomic E-state index is -0.830. The van der Waals surface area contributed by atoms with E-state index in [1.165, 1.54) is 11.1 Å². The van der Waals surface area contributed by atoms with Crippen LogP contribution >= 0.6 is 0 Å². The standard InChI is InChI=1S/C31H42O5/c1-27(2)17-35-31(36-18-27)12-11-29-14-19-13-20(34-4)5-6-21(19)23-15-28(3)24(7-8-25(28)32)22(26(23)29)9-10-30(29,33)16-31/h5-6,13,22-24,26,33H,7-12,14-18H2,1-4H3/t22-,23?,24-,26?,28-,29-,30+/m0/s1. The maximum atomic E-state index is 13.3. The van der Waals surface area contributed by atoms with E-state index in [-0.39, 0.29) is 16.2 Å². The Hall–Kier alpha value is -1.43. The highest BCUT2D eigenvalue weighted by Gasteiger charge is 2.72. The third-order valence-corrected chi connectivity index (χ3v) is 11.9. The van der Waals surface area contributed by atoms with Gasteiger partial charge in [0.05, 0.1) is 25.9 Å². The molecule has 2 spiro atoms. The normalized spacial score (nSPS) is 45.9. The average Bonchev–Trinajstić information content (AvgIpc) is 3.15.